The summed E-state index contributed by atoms with van der Waals surface area (Å²) in [5.74, 6) is 1.34. The lowest BCUT2D eigenvalue weighted by molar-refractivity contribution is -0.660. The minimum atomic E-state index is 1.12. The summed E-state index contributed by atoms with van der Waals surface area (Å²) < 4.78 is 4.91. The van der Waals surface area contributed by atoms with Crippen LogP contribution in [-0.4, -0.2) is 4.57 Å². The van der Waals surface area contributed by atoms with E-state index in [-0.39, 0.29) is 0 Å². The fourth-order valence-electron chi connectivity index (χ4n) is 3.72. The average molecular weight is 277 g/mol. The molecule has 3 aromatic rings. The molecule has 2 heterocycles. The molecule has 0 N–H and O–H groups in total. The number of para-hydroxylation sites is 1. The summed E-state index contributed by atoms with van der Waals surface area (Å²) in [7, 11) is 2.20. The van der Waals surface area contributed by atoms with Crippen LogP contribution in [0.5, 0.6) is 0 Å². The third-order valence-corrected chi connectivity index (χ3v) is 4.77. The normalized spacial score (nSPS) is 14.4. The SMILES string of the molecule is Cc1ccccc1-c1n(C)c2cccc3c2[n+]1CCCC3. The van der Waals surface area contributed by atoms with Gasteiger partial charge in [-0.15, -0.1) is 0 Å². The van der Waals surface area contributed by atoms with E-state index in [1.54, 1.807) is 0 Å². The lowest BCUT2D eigenvalue weighted by Crippen LogP contribution is -2.35. The second-order valence-corrected chi connectivity index (χ2v) is 6.09. The molecule has 0 atom stereocenters. The van der Waals surface area contributed by atoms with E-state index in [0.29, 0.717) is 0 Å². The lowest BCUT2D eigenvalue weighted by atomic mass is 10.1. The van der Waals surface area contributed by atoms with Gasteiger partial charge in [0.2, 0.25) is 0 Å². The number of aromatic nitrogens is 2. The lowest BCUT2D eigenvalue weighted by Gasteiger charge is -2.05. The minimum absolute atomic E-state index is 1.12. The van der Waals surface area contributed by atoms with Gasteiger partial charge in [0.15, 0.2) is 11.0 Å². The van der Waals surface area contributed by atoms with Crippen molar-refractivity contribution in [1.29, 1.82) is 0 Å². The van der Waals surface area contributed by atoms with Crippen molar-refractivity contribution in [3.63, 3.8) is 0 Å². The summed E-state index contributed by atoms with van der Waals surface area (Å²) in [6, 6.07) is 15.5. The molecule has 1 aliphatic heterocycles. The zero-order valence-corrected chi connectivity index (χ0v) is 12.8. The quantitative estimate of drug-likeness (QED) is 0.599. The van der Waals surface area contributed by atoms with Gasteiger partial charge in [-0.1, -0.05) is 30.3 Å². The Hall–Kier alpha value is -2.09. The topological polar surface area (TPSA) is 8.81 Å². The van der Waals surface area contributed by atoms with Crippen LogP contribution in [0.1, 0.15) is 24.0 Å². The summed E-state index contributed by atoms with van der Waals surface area (Å²) in [4.78, 5) is 0. The minimum Gasteiger partial charge on any atom is -0.226 e. The van der Waals surface area contributed by atoms with Gasteiger partial charge in [0, 0.05) is 5.56 Å². The Labute approximate surface area is 125 Å². The smallest absolute Gasteiger partial charge is 0.226 e. The van der Waals surface area contributed by atoms with Crippen LogP contribution in [0.25, 0.3) is 22.4 Å². The third-order valence-electron chi connectivity index (χ3n) is 4.77. The first-order valence-corrected chi connectivity index (χ1v) is 7.83. The molecule has 0 fully saturated rings. The number of rotatable bonds is 1. The first kappa shape index (κ1) is 12.6. The molecule has 0 bridgehead atoms. The second-order valence-electron chi connectivity index (χ2n) is 6.09. The largest absolute Gasteiger partial charge is 0.289 e. The molecule has 1 aliphatic rings. The fourth-order valence-corrected chi connectivity index (χ4v) is 3.72. The number of benzene rings is 2. The van der Waals surface area contributed by atoms with Gasteiger partial charge in [-0.25, -0.2) is 9.13 Å². The maximum absolute atomic E-state index is 2.54. The van der Waals surface area contributed by atoms with E-state index in [2.05, 4.69) is 65.6 Å². The van der Waals surface area contributed by atoms with Crippen LogP contribution in [0.3, 0.4) is 0 Å². The molecule has 0 saturated carbocycles. The van der Waals surface area contributed by atoms with Crippen molar-refractivity contribution in [1.82, 2.24) is 4.57 Å². The maximum Gasteiger partial charge on any atom is 0.289 e. The van der Waals surface area contributed by atoms with Crippen LogP contribution in [0.2, 0.25) is 0 Å². The molecule has 0 radical (unpaired) electrons. The number of imidazole rings is 1. The van der Waals surface area contributed by atoms with Gasteiger partial charge in [-0.3, -0.25) is 0 Å². The van der Waals surface area contributed by atoms with Crippen LogP contribution in [0.4, 0.5) is 0 Å². The van der Waals surface area contributed by atoms with Gasteiger partial charge < -0.3 is 0 Å². The molecule has 2 heteroatoms. The highest BCUT2D eigenvalue weighted by Crippen LogP contribution is 2.28. The molecule has 0 aliphatic carbocycles. The molecule has 2 nitrogen and oxygen atoms in total. The molecule has 0 spiro atoms. The first-order chi connectivity index (χ1) is 10.3. The van der Waals surface area contributed by atoms with Gasteiger partial charge in [0.05, 0.1) is 19.2 Å². The predicted octanol–water partition coefficient (Wildman–Crippen LogP) is 3.78. The average Bonchev–Trinajstić information content (AvgIpc) is 2.66. The van der Waals surface area contributed by atoms with Crippen molar-refractivity contribution in [3.05, 3.63) is 53.6 Å². The van der Waals surface area contributed by atoms with E-state index in [0.717, 1.165) is 6.54 Å². The Kier molecular flexibility index (Phi) is 2.85. The van der Waals surface area contributed by atoms with Crippen molar-refractivity contribution in [3.8, 4) is 11.4 Å². The summed E-state index contributed by atoms with van der Waals surface area (Å²) in [5, 5.41) is 0. The van der Waals surface area contributed by atoms with Crippen molar-refractivity contribution >= 4 is 11.0 Å². The molecule has 0 amide bonds. The van der Waals surface area contributed by atoms with Gasteiger partial charge in [-0.2, -0.15) is 0 Å². The summed E-state index contributed by atoms with van der Waals surface area (Å²) in [6.45, 7) is 3.33. The molecule has 2 aromatic carbocycles. The Morgan fingerprint density at radius 3 is 2.71 bits per heavy atom. The molecule has 21 heavy (non-hydrogen) atoms. The van der Waals surface area contributed by atoms with Crippen molar-refractivity contribution in [2.45, 2.75) is 32.7 Å². The summed E-state index contributed by atoms with van der Waals surface area (Å²) in [6.07, 6.45) is 3.75. The van der Waals surface area contributed by atoms with Gasteiger partial charge in [0.1, 0.15) is 0 Å². The van der Waals surface area contributed by atoms with E-state index in [9.17, 15) is 0 Å². The fraction of sp³-hybridized carbons (Fsp3) is 0.316. The number of hydrogen-bond donors (Lipinski definition) is 0. The van der Waals surface area contributed by atoms with Crippen LogP contribution in [0.15, 0.2) is 42.5 Å². The van der Waals surface area contributed by atoms with E-state index >= 15 is 0 Å². The first-order valence-electron chi connectivity index (χ1n) is 7.83. The summed E-state index contributed by atoms with van der Waals surface area (Å²) >= 11 is 0. The van der Waals surface area contributed by atoms with Crippen LogP contribution < -0.4 is 4.57 Å². The molecule has 4 rings (SSSR count). The maximum atomic E-state index is 2.54. The van der Waals surface area contributed by atoms with E-state index in [1.165, 1.54) is 52.8 Å². The molecule has 106 valence electrons. The monoisotopic (exact) mass is 277 g/mol. The Balaban J connectivity index is 2.12. The molecule has 1 aromatic heterocycles. The number of hydrogen-bond acceptors (Lipinski definition) is 0. The van der Waals surface area contributed by atoms with E-state index < -0.39 is 0 Å². The summed E-state index contributed by atoms with van der Waals surface area (Å²) in [5.41, 5.74) is 6.99. The highest BCUT2D eigenvalue weighted by molar-refractivity contribution is 5.79. The number of aryl methyl sites for hydroxylation is 4. The van der Waals surface area contributed by atoms with Crippen LogP contribution >= 0.6 is 0 Å². The Morgan fingerprint density at radius 1 is 1.00 bits per heavy atom. The van der Waals surface area contributed by atoms with Crippen molar-refractivity contribution in [2.24, 2.45) is 7.05 Å². The van der Waals surface area contributed by atoms with Crippen molar-refractivity contribution in [2.75, 3.05) is 0 Å². The van der Waals surface area contributed by atoms with Crippen LogP contribution in [-0.2, 0) is 20.0 Å². The molecule has 0 unspecified atom stereocenters. The predicted molar refractivity (Wildman–Crippen MR) is 86.2 cm³/mol. The van der Waals surface area contributed by atoms with E-state index in [1.807, 2.05) is 0 Å². The highest BCUT2D eigenvalue weighted by atomic mass is 15.2. The zero-order chi connectivity index (χ0) is 14.4. The number of nitrogens with zero attached hydrogens (tertiary/aromatic N) is 2. The second kappa shape index (κ2) is 4.73. The Bertz CT molecular complexity index is 827. The Morgan fingerprint density at radius 2 is 1.86 bits per heavy atom. The van der Waals surface area contributed by atoms with Gasteiger partial charge >= 0.3 is 0 Å². The zero-order valence-electron chi connectivity index (χ0n) is 12.8. The van der Waals surface area contributed by atoms with E-state index in [4.69, 9.17) is 0 Å². The highest BCUT2D eigenvalue weighted by Gasteiger charge is 2.28. The molecular formula is C19H21N2+. The third kappa shape index (κ3) is 1.82. The van der Waals surface area contributed by atoms with Gasteiger partial charge in [-0.05, 0) is 43.9 Å². The van der Waals surface area contributed by atoms with Gasteiger partial charge in [0.25, 0.3) is 5.82 Å². The standard InChI is InChI=1S/C19H21N2/c1-14-8-3-4-11-16(14)19-20(2)17-12-7-10-15-9-5-6-13-21(19)18(15)17/h3-4,7-8,10-12H,5-6,9,13H2,1-2H3/q+1. The van der Waals surface area contributed by atoms with Crippen LogP contribution in [0, 0.1) is 6.92 Å². The molecule has 0 saturated heterocycles. The molecular weight excluding hydrogens is 256 g/mol. The van der Waals surface area contributed by atoms with Crippen molar-refractivity contribution < 1.29 is 4.57 Å².